The van der Waals surface area contributed by atoms with Crippen LogP contribution in [0.1, 0.15) is 46.1 Å². The number of H-pyrrole nitrogens is 1. The lowest BCUT2D eigenvalue weighted by atomic mass is 9.79. The average Bonchev–Trinajstić information content (AvgIpc) is 3.17. The molecule has 0 radical (unpaired) electrons. The Balaban J connectivity index is 1.81. The highest BCUT2D eigenvalue weighted by Gasteiger charge is 2.39. The van der Waals surface area contributed by atoms with Gasteiger partial charge in [-0.3, -0.25) is 5.10 Å². The van der Waals surface area contributed by atoms with Crippen LogP contribution in [-0.4, -0.2) is 49.5 Å². The number of hydrogen-bond donors (Lipinski definition) is 6. The van der Waals surface area contributed by atoms with Crippen LogP contribution in [0.15, 0.2) is 42.5 Å². The lowest BCUT2D eigenvalue weighted by Crippen LogP contribution is -2.61. The van der Waals surface area contributed by atoms with E-state index in [1.54, 1.807) is 36.7 Å². The molecule has 0 atom stereocenters. The number of benzene rings is 1. The van der Waals surface area contributed by atoms with Crippen LogP contribution in [0, 0.1) is 0 Å². The summed E-state index contributed by atoms with van der Waals surface area (Å²) in [6.45, 7) is 8.80. The van der Waals surface area contributed by atoms with E-state index in [-0.39, 0.29) is 39.9 Å². The van der Waals surface area contributed by atoms with E-state index in [2.05, 4.69) is 48.1 Å². The van der Waals surface area contributed by atoms with Crippen molar-refractivity contribution in [3.05, 3.63) is 48.1 Å². The second-order valence-electron chi connectivity index (χ2n) is 9.66. The molecule has 1 aliphatic rings. The minimum Gasteiger partial charge on any atom is -0.507 e. The van der Waals surface area contributed by atoms with E-state index in [0.29, 0.717) is 11.4 Å². The van der Waals surface area contributed by atoms with Gasteiger partial charge < -0.3 is 31.9 Å². The van der Waals surface area contributed by atoms with Gasteiger partial charge in [-0.25, -0.2) is 0 Å². The number of phenols is 2. The first kappa shape index (κ1) is 22.6. The Labute approximate surface area is 183 Å². The Hall–Kier alpha value is -3.13. The largest absolute Gasteiger partial charge is 0.507 e. The van der Waals surface area contributed by atoms with Gasteiger partial charge in [0.25, 0.3) is 0 Å². The lowest BCUT2D eigenvalue weighted by Gasteiger charge is -2.49. The number of aromatic amines is 1. The summed E-state index contributed by atoms with van der Waals surface area (Å²) in [6, 6.07) is 3.35. The zero-order chi connectivity index (χ0) is 23.0. The highest BCUT2D eigenvalue weighted by atomic mass is 16.3. The second kappa shape index (κ2) is 8.19. The minimum atomic E-state index is -0.118. The van der Waals surface area contributed by atoms with Crippen molar-refractivity contribution in [1.82, 2.24) is 20.4 Å². The molecule has 1 saturated heterocycles. The van der Waals surface area contributed by atoms with Gasteiger partial charge in [0.15, 0.2) is 0 Å². The summed E-state index contributed by atoms with van der Waals surface area (Å²) < 4.78 is 0. The van der Waals surface area contributed by atoms with Crippen molar-refractivity contribution in [2.45, 2.75) is 57.7 Å². The van der Waals surface area contributed by atoms with Crippen LogP contribution >= 0.6 is 0 Å². The zero-order valence-electron chi connectivity index (χ0n) is 18.9. The fourth-order valence-electron chi connectivity index (χ4n) is 4.61. The molecule has 3 rings (SSSR count). The van der Waals surface area contributed by atoms with E-state index in [4.69, 9.17) is 11.5 Å². The molecule has 8 heteroatoms. The smallest absolute Gasteiger partial charge is 0.129 e. The molecular weight excluding hydrogens is 392 g/mol. The van der Waals surface area contributed by atoms with E-state index < -0.39 is 0 Å². The van der Waals surface area contributed by atoms with Crippen LogP contribution in [0.5, 0.6) is 11.5 Å². The number of piperidine rings is 1. The third-order valence-corrected chi connectivity index (χ3v) is 5.77. The zero-order valence-corrected chi connectivity index (χ0v) is 18.9. The van der Waals surface area contributed by atoms with Gasteiger partial charge in [0.1, 0.15) is 11.5 Å². The van der Waals surface area contributed by atoms with Gasteiger partial charge in [-0.05, 0) is 70.4 Å². The first-order valence-electron chi connectivity index (χ1n) is 10.4. The molecule has 168 valence electrons. The van der Waals surface area contributed by atoms with Crippen molar-refractivity contribution in [2.24, 2.45) is 11.5 Å². The summed E-state index contributed by atoms with van der Waals surface area (Å²) >= 11 is 0. The number of nitrogens with two attached hydrogens (primary N) is 2. The normalized spacial score (nSPS) is 19.4. The Morgan fingerprint density at radius 3 is 2.16 bits per heavy atom. The molecule has 1 aromatic heterocycles. The van der Waals surface area contributed by atoms with Gasteiger partial charge >= 0.3 is 0 Å². The van der Waals surface area contributed by atoms with E-state index in [9.17, 15) is 10.2 Å². The maximum absolute atomic E-state index is 10.5. The van der Waals surface area contributed by atoms with Gasteiger partial charge in [0.05, 0.1) is 17.6 Å². The summed E-state index contributed by atoms with van der Waals surface area (Å²) in [5, 5.41) is 31.2. The van der Waals surface area contributed by atoms with Gasteiger partial charge in [-0.2, -0.15) is 5.10 Å². The van der Waals surface area contributed by atoms with Crippen molar-refractivity contribution >= 4 is 5.70 Å². The predicted octanol–water partition coefficient (Wildman–Crippen LogP) is 2.83. The molecule has 8 N–H and O–H groups in total. The highest BCUT2D eigenvalue weighted by molar-refractivity contribution is 5.78. The molecule has 0 spiro atoms. The molecule has 0 saturated carbocycles. The SMILES string of the molecule is CN(/C(N)=C/C=C(\N)c1c(O)cc(-c2cn[nH]c2)cc1O)C1CC(C)(C)NC(C)(C)C1. The van der Waals surface area contributed by atoms with Crippen LogP contribution in [0.2, 0.25) is 0 Å². The van der Waals surface area contributed by atoms with Gasteiger partial charge in [0, 0.05) is 41.6 Å². The Morgan fingerprint density at radius 1 is 1.06 bits per heavy atom. The van der Waals surface area contributed by atoms with E-state index in [1.807, 2.05) is 7.05 Å². The van der Waals surface area contributed by atoms with Crippen LogP contribution in [0.4, 0.5) is 0 Å². The second-order valence-corrected chi connectivity index (χ2v) is 9.66. The number of aromatic nitrogens is 2. The Bertz CT molecular complexity index is 952. The lowest BCUT2D eigenvalue weighted by molar-refractivity contribution is 0.0981. The number of hydrogen-bond acceptors (Lipinski definition) is 7. The van der Waals surface area contributed by atoms with E-state index in [1.165, 1.54) is 0 Å². The quantitative estimate of drug-likeness (QED) is 0.405. The fourth-order valence-corrected chi connectivity index (χ4v) is 4.61. The molecule has 2 heterocycles. The van der Waals surface area contributed by atoms with Crippen molar-refractivity contribution in [1.29, 1.82) is 0 Å². The molecule has 1 fully saturated rings. The molecule has 0 amide bonds. The number of rotatable bonds is 5. The summed E-state index contributed by atoms with van der Waals surface area (Å²) in [6.07, 6.45) is 8.51. The Morgan fingerprint density at radius 2 is 1.65 bits per heavy atom. The topological polar surface area (TPSA) is 136 Å². The number of nitrogens with zero attached hydrogens (tertiary/aromatic N) is 2. The summed E-state index contributed by atoms with van der Waals surface area (Å²) in [5.74, 6) is 0.328. The maximum atomic E-state index is 10.5. The first-order valence-corrected chi connectivity index (χ1v) is 10.4. The summed E-state index contributed by atoms with van der Waals surface area (Å²) in [4.78, 5) is 2.07. The van der Waals surface area contributed by atoms with Crippen molar-refractivity contribution in [3.63, 3.8) is 0 Å². The molecule has 0 bridgehead atoms. The van der Waals surface area contributed by atoms with Gasteiger partial charge in [-0.1, -0.05) is 0 Å². The van der Waals surface area contributed by atoms with Crippen molar-refractivity contribution in [2.75, 3.05) is 7.05 Å². The number of allylic oxidation sites excluding steroid dienone is 2. The molecule has 31 heavy (non-hydrogen) atoms. The van der Waals surface area contributed by atoms with Gasteiger partial charge in [-0.15, -0.1) is 0 Å². The standard InChI is InChI=1S/C23H34N6O2/c1-22(2)10-16(11-23(3,4)28-22)29(5)20(25)7-6-17(24)21-18(30)8-14(9-19(21)31)15-12-26-27-13-15/h6-9,12-13,16,28,30-31H,10-11,24-25H2,1-5H3,(H,26,27)/b17-6-,20-7+. The van der Waals surface area contributed by atoms with Crippen molar-refractivity contribution < 1.29 is 10.2 Å². The molecule has 2 aromatic rings. The highest BCUT2D eigenvalue weighted by Crippen LogP contribution is 2.36. The predicted molar refractivity (Wildman–Crippen MR) is 124 cm³/mol. The van der Waals surface area contributed by atoms with E-state index >= 15 is 0 Å². The fraction of sp³-hybridized carbons (Fsp3) is 0.435. The summed E-state index contributed by atoms with van der Waals surface area (Å²) in [7, 11) is 1.98. The van der Waals surface area contributed by atoms with Crippen molar-refractivity contribution in [3.8, 4) is 22.6 Å². The van der Waals surface area contributed by atoms with Crippen LogP contribution in [0.3, 0.4) is 0 Å². The molecule has 8 nitrogen and oxygen atoms in total. The average molecular weight is 427 g/mol. The van der Waals surface area contributed by atoms with E-state index in [0.717, 1.165) is 18.4 Å². The monoisotopic (exact) mass is 426 g/mol. The molecule has 1 aromatic carbocycles. The number of nitrogens with one attached hydrogen (secondary N) is 2. The van der Waals surface area contributed by atoms with Crippen LogP contribution < -0.4 is 16.8 Å². The minimum absolute atomic E-state index is 0.00410. The summed E-state index contributed by atoms with van der Waals surface area (Å²) in [5.41, 5.74) is 14.3. The molecule has 0 unspecified atom stereocenters. The van der Waals surface area contributed by atoms with Crippen LogP contribution in [0.25, 0.3) is 16.8 Å². The van der Waals surface area contributed by atoms with Gasteiger partial charge in [0.2, 0.25) is 0 Å². The number of aromatic hydroxyl groups is 2. The maximum Gasteiger partial charge on any atom is 0.129 e. The molecule has 1 aliphatic heterocycles. The third-order valence-electron chi connectivity index (χ3n) is 5.77. The Kier molecular flexibility index (Phi) is 5.96. The molecule has 0 aliphatic carbocycles. The molecular formula is C23H34N6O2. The number of phenolic OH excluding ortho intramolecular Hbond substituents is 2. The third kappa shape index (κ3) is 5.14. The van der Waals surface area contributed by atoms with Crippen LogP contribution in [-0.2, 0) is 0 Å². The first-order chi connectivity index (χ1) is 14.4.